The molecule has 0 aromatic heterocycles. The molecule has 0 saturated heterocycles. The zero-order chi connectivity index (χ0) is 13.0. The molecule has 2 rings (SSSR count). The molecule has 0 heterocycles. The fourth-order valence-corrected chi connectivity index (χ4v) is 1.77. The average Bonchev–Trinajstić information content (AvgIpc) is 2.40. The molecule has 3 nitrogen and oxygen atoms in total. The Bertz CT molecular complexity index is 582. The number of hydrogen-bond donors (Lipinski definition) is 0. The normalized spacial score (nSPS) is 9.56. The summed E-state index contributed by atoms with van der Waals surface area (Å²) in [5.41, 5.74) is 2.15. The fraction of sp³-hybridized carbons (Fsp3) is 0.0667. The van der Waals surface area contributed by atoms with Crippen molar-refractivity contribution < 1.29 is 4.79 Å². The van der Waals surface area contributed by atoms with Gasteiger partial charge in [-0.1, -0.05) is 18.2 Å². The molecule has 0 aliphatic heterocycles. The standard InChI is InChI=1S/C15H12N2O/c1-12(18)17(14-5-3-2-4-6-14)15-9-7-13(11-16)8-10-15/h2-10H,1H3. The average molecular weight is 236 g/mol. The Kier molecular flexibility index (Phi) is 3.40. The highest BCUT2D eigenvalue weighted by molar-refractivity contribution is 5.98. The van der Waals surface area contributed by atoms with Gasteiger partial charge in [0.05, 0.1) is 11.6 Å². The van der Waals surface area contributed by atoms with E-state index in [9.17, 15) is 4.79 Å². The van der Waals surface area contributed by atoms with Crippen LogP contribution in [0, 0.1) is 11.3 Å². The molecule has 0 saturated carbocycles. The van der Waals surface area contributed by atoms with Gasteiger partial charge in [0.1, 0.15) is 0 Å². The van der Waals surface area contributed by atoms with Crippen molar-refractivity contribution in [3.8, 4) is 6.07 Å². The van der Waals surface area contributed by atoms with E-state index < -0.39 is 0 Å². The summed E-state index contributed by atoms with van der Waals surface area (Å²) in [5, 5.41) is 8.76. The molecule has 0 unspecified atom stereocenters. The number of anilines is 2. The third-order valence-electron chi connectivity index (χ3n) is 2.58. The number of para-hydroxylation sites is 1. The van der Waals surface area contributed by atoms with Crippen LogP contribution in [0.4, 0.5) is 11.4 Å². The topological polar surface area (TPSA) is 44.1 Å². The number of rotatable bonds is 2. The first-order valence-corrected chi connectivity index (χ1v) is 5.58. The Morgan fingerprint density at radius 3 is 2.06 bits per heavy atom. The maximum absolute atomic E-state index is 11.8. The van der Waals surface area contributed by atoms with Gasteiger partial charge in [-0.15, -0.1) is 0 Å². The van der Waals surface area contributed by atoms with Crippen LogP contribution in [0.3, 0.4) is 0 Å². The van der Waals surface area contributed by atoms with Crippen molar-refractivity contribution in [1.82, 2.24) is 0 Å². The minimum atomic E-state index is -0.0640. The summed E-state index contributed by atoms with van der Waals surface area (Å²) in [6, 6.07) is 18.4. The van der Waals surface area contributed by atoms with Crippen LogP contribution >= 0.6 is 0 Å². The lowest BCUT2D eigenvalue weighted by atomic mass is 10.2. The molecule has 2 aromatic carbocycles. The number of benzene rings is 2. The highest BCUT2D eigenvalue weighted by Crippen LogP contribution is 2.25. The molecule has 3 heteroatoms. The molecular weight excluding hydrogens is 224 g/mol. The summed E-state index contributed by atoms with van der Waals surface area (Å²) >= 11 is 0. The van der Waals surface area contributed by atoms with E-state index in [2.05, 4.69) is 6.07 Å². The van der Waals surface area contributed by atoms with Crippen molar-refractivity contribution in [2.75, 3.05) is 4.90 Å². The van der Waals surface area contributed by atoms with Crippen molar-refractivity contribution in [3.05, 3.63) is 60.2 Å². The highest BCUT2D eigenvalue weighted by Gasteiger charge is 2.13. The molecule has 18 heavy (non-hydrogen) atoms. The molecule has 0 fully saturated rings. The van der Waals surface area contributed by atoms with Gasteiger partial charge in [0.2, 0.25) is 5.91 Å². The zero-order valence-corrected chi connectivity index (χ0v) is 10.00. The van der Waals surface area contributed by atoms with Crippen molar-refractivity contribution in [1.29, 1.82) is 5.26 Å². The monoisotopic (exact) mass is 236 g/mol. The molecule has 0 N–H and O–H groups in total. The van der Waals surface area contributed by atoms with E-state index >= 15 is 0 Å². The second-order valence-corrected chi connectivity index (χ2v) is 3.85. The van der Waals surface area contributed by atoms with Gasteiger partial charge in [-0.05, 0) is 36.4 Å². The Hall–Kier alpha value is -2.60. The summed E-state index contributed by atoms with van der Waals surface area (Å²) in [5.74, 6) is -0.0640. The van der Waals surface area contributed by atoms with Gasteiger partial charge in [-0.25, -0.2) is 0 Å². The van der Waals surface area contributed by atoms with Crippen molar-refractivity contribution in [3.63, 3.8) is 0 Å². The van der Waals surface area contributed by atoms with Crippen molar-refractivity contribution in [2.24, 2.45) is 0 Å². The highest BCUT2D eigenvalue weighted by atomic mass is 16.2. The van der Waals surface area contributed by atoms with E-state index in [1.54, 1.807) is 29.2 Å². The van der Waals surface area contributed by atoms with E-state index in [1.165, 1.54) is 6.92 Å². The first-order valence-electron chi connectivity index (χ1n) is 5.58. The number of nitriles is 1. The first-order chi connectivity index (χ1) is 8.72. The number of nitrogens with zero attached hydrogens (tertiary/aromatic N) is 2. The van der Waals surface area contributed by atoms with E-state index in [1.807, 2.05) is 30.3 Å². The van der Waals surface area contributed by atoms with Gasteiger partial charge in [-0.2, -0.15) is 5.26 Å². The zero-order valence-electron chi connectivity index (χ0n) is 10.00. The van der Waals surface area contributed by atoms with Crippen LogP contribution in [-0.2, 0) is 4.79 Å². The lowest BCUT2D eigenvalue weighted by molar-refractivity contribution is -0.115. The molecule has 88 valence electrons. The van der Waals surface area contributed by atoms with Gasteiger partial charge in [0.15, 0.2) is 0 Å². The predicted molar refractivity (Wildman–Crippen MR) is 70.4 cm³/mol. The molecule has 0 aliphatic carbocycles. The molecule has 0 radical (unpaired) electrons. The number of amides is 1. The second-order valence-electron chi connectivity index (χ2n) is 3.85. The summed E-state index contributed by atoms with van der Waals surface area (Å²) in [4.78, 5) is 13.4. The molecule has 0 spiro atoms. The Morgan fingerprint density at radius 2 is 1.56 bits per heavy atom. The molecular formula is C15H12N2O. The maximum atomic E-state index is 11.8. The Balaban J connectivity index is 2.43. The van der Waals surface area contributed by atoms with E-state index in [4.69, 9.17) is 5.26 Å². The van der Waals surface area contributed by atoms with E-state index in [-0.39, 0.29) is 5.91 Å². The largest absolute Gasteiger partial charge is 0.281 e. The van der Waals surface area contributed by atoms with Crippen LogP contribution in [0.15, 0.2) is 54.6 Å². The summed E-state index contributed by atoms with van der Waals surface area (Å²) in [6.07, 6.45) is 0. The number of carbonyl (C=O) groups excluding carboxylic acids is 1. The fourth-order valence-electron chi connectivity index (χ4n) is 1.77. The van der Waals surface area contributed by atoms with E-state index in [0.717, 1.165) is 11.4 Å². The Morgan fingerprint density at radius 1 is 1.00 bits per heavy atom. The van der Waals surface area contributed by atoms with Gasteiger partial charge in [0, 0.05) is 18.3 Å². The second kappa shape index (κ2) is 5.15. The first kappa shape index (κ1) is 11.9. The quantitative estimate of drug-likeness (QED) is 0.803. The minimum absolute atomic E-state index is 0.0640. The van der Waals surface area contributed by atoms with Crippen LogP contribution in [0.25, 0.3) is 0 Å². The van der Waals surface area contributed by atoms with Crippen molar-refractivity contribution >= 4 is 17.3 Å². The maximum Gasteiger partial charge on any atom is 0.228 e. The van der Waals surface area contributed by atoms with Crippen LogP contribution in [0.1, 0.15) is 12.5 Å². The lowest BCUT2D eigenvalue weighted by Crippen LogP contribution is -2.22. The van der Waals surface area contributed by atoms with Crippen molar-refractivity contribution in [2.45, 2.75) is 6.92 Å². The predicted octanol–water partition coefficient (Wildman–Crippen LogP) is 3.24. The minimum Gasteiger partial charge on any atom is -0.281 e. The van der Waals surface area contributed by atoms with Gasteiger partial charge in [-0.3, -0.25) is 9.69 Å². The summed E-state index contributed by atoms with van der Waals surface area (Å²) in [7, 11) is 0. The molecule has 1 amide bonds. The van der Waals surface area contributed by atoms with Crippen LogP contribution < -0.4 is 4.90 Å². The van der Waals surface area contributed by atoms with Gasteiger partial charge >= 0.3 is 0 Å². The number of carbonyl (C=O) groups is 1. The Labute approximate surface area is 106 Å². The molecule has 0 atom stereocenters. The SMILES string of the molecule is CC(=O)N(c1ccccc1)c1ccc(C#N)cc1. The molecule has 2 aromatic rings. The van der Waals surface area contributed by atoms with Gasteiger partial charge in [0.25, 0.3) is 0 Å². The van der Waals surface area contributed by atoms with Gasteiger partial charge < -0.3 is 0 Å². The van der Waals surface area contributed by atoms with Crippen LogP contribution in [-0.4, -0.2) is 5.91 Å². The lowest BCUT2D eigenvalue weighted by Gasteiger charge is -2.21. The third kappa shape index (κ3) is 2.38. The van der Waals surface area contributed by atoms with E-state index in [0.29, 0.717) is 5.56 Å². The smallest absolute Gasteiger partial charge is 0.228 e. The summed E-state index contributed by atoms with van der Waals surface area (Å²) in [6.45, 7) is 1.52. The summed E-state index contributed by atoms with van der Waals surface area (Å²) < 4.78 is 0. The van der Waals surface area contributed by atoms with Crippen LogP contribution in [0.5, 0.6) is 0 Å². The third-order valence-corrected chi connectivity index (χ3v) is 2.58. The number of hydrogen-bond acceptors (Lipinski definition) is 2. The molecule has 0 aliphatic rings. The van der Waals surface area contributed by atoms with Crippen LogP contribution in [0.2, 0.25) is 0 Å². The molecule has 0 bridgehead atoms.